The molecule has 17 heavy (non-hydrogen) atoms. The van der Waals surface area contributed by atoms with Gasteiger partial charge in [0, 0.05) is 31.4 Å². The minimum atomic E-state index is -0.246. The Morgan fingerprint density at radius 3 is 2.71 bits per heavy atom. The molecule has 0 bridgehead atoms. The summed E-state index contributed by atoms with van der Waals surface area (Å²) in [5, 5.41) is 8.96. The third-order valence-corrected chi connectivity index (χ3v) is 2.85. The fourth-order valence-corrected chi connectivity index (χ4v) is 1.95. The van der Waals surface area contributed by atoms with Crippen molar-refractivity contribution in [3.05, 3.63) is 17.7 Å². The summed E-state index contributed by atoms with van der Waals surface area (Å²) in [5.41, 5.74) is 7.87. The number of nitrogens with zero attached hydrogens (tertiary/aromatic N) is 1. The summed E-state index contributed by atoms with van der Waals surface area (Å²) in [6, 6.07) is 3.66. The molecule has 94 valence electrons. The van der Waals surface area contributed by atoms with Crippen LogP contribution in [0.2, 0.25) is 0 Å². The van der Waals surface area contributed by atoms with Crippen molar-refractivity contribution < 1.29 is 14.6 Å². The smallest absolute Gasteiger partial charge is 0.231 e. The summed E-state index contributed by atoms with van der Waals surface area (Å²) in [7, 11) is 1.94. The monoisotopic (exact) mass is 238 g/mol. The third-order valence-electron chi connectivity index (χ3n) is 2.85. The fraction of sp³-hybridized carbons (Fsp3) is 0.500. The van der Waals surface area contributed by atoms with Crippen molar-refractivity contribution in [2.75, 3.05) is 31.9 Å². The summed E-state index contributed by atoms with van der Waals surface area (Å²) in [5.74, 6) is 1.54. The quantitative estimate of drug-likeness (QED) is 0.798. The van der Waals surface area contributed by atoms with Crippen LogP contribution in [0.15, 0.2) is 12.1 Å². The van der Waals surface area contributed by atoms with Crippen LogP contribution in [-0.2, 0) is 0 Å². The molecule has 1 unspecified atom stereocenters. The van der Waals surface area contributed by atoms with E-state index in [9.17, 15) is 0 Å². The van der Waals surface area contributed by atoms with Crippen molar-refractivity contribution in [2.45, 2.75) is 13.0 Å². The van der Waals surface area contributed by atoms with Gasteiger partial charge in [-0.2, -0.15) is 0 Å². The topological polar surface area (TPSA) is 68.0 Å². The lowest BCUT2D eigenvalue weighted by Gasteiger charge is -2.24. The molecule has 3 N–H and O–H groups in total. The van der Waals surface area contributed by atoms with Crippen LogP contribution in [0, 0.1) is 6.92 Å². The van der Waals surface area contributed by atoms with Gasteiger partial charge in [0.2, 0.25) is 6.79 Å². The van der Waals surface area contributed by atoms with E-state index < -0.39 is 0 Å². The zero-order chi connectivity index (χ0) is 12.4. The number of aliphatic hydroxyl groups is 1. The molecule has 0 fully saturated rings. The Hall–Kier alpha value is -1.46. The first-order valence-electron chi connectivity index (χ1n) is 5.59. The molecule has 0 radical (unpaired) electrons. The number of hydrogen-bond acceptors (Lipinski definition) is 5. The minimum Gasteiger partial charge on any atom is -0.454 e. The van der Waals surface area contributed by atoms with Crippen LogP contribution in [0.25, 0.3) is 0 Å². The SMILES string of the molecule is Cc1cc2c(cc1N(C)CC(N)CO)OCO2. The van der Waals surface area contributed by atoms with Gasteiger partial charge in [0.15, 0.2) is 11.5 Å². The first-order valence-corrected chi connectivity index (χ1v) is 5.59. The van der Waals surface area contributed by atoms with Crippen LogP contribution in [-0.4, -0.2) is 38.1 Å². The summed E-state index contributed by atoms with van der Waals surface area (Å²) < 4.78 is 10.7. The molecular formula is C12H18N2O3. The number of benzene rings is 1. The number of hydrogen-bond donors (Lipinski definition) is 2. The number of anilines is 1. The molecule has 0 saturated heterocycles. The summed E-state index contributed by atoms with van der Waals surface area (Å²) in [6.07, 6.45) is 0. The van der Waals surface area contributed by atoms with Gasteiger partial charge in [0.05, 0.1) is 6.61 Å². The maximum atomic E-state index is 8.96. The predicted octanol–water partition coefficient (Wildman–Crippen LogP) is 0.480. The van der Waals surface area contributed by atoms with E-state index in [0.717, 1.165) is 22.7 Å². The van der Waals surface area contributed by atoms with Crippen LogP contribution in [0.5, 0.6) is 11.5 Å². The molecule has 0 aliphatic carbocycles. The van der Waals surface area contributed by atoms with Crippen molar-refractivity contribution in [1.82, 2.24) is 0 Å². The van der Waals surface area contributed by atoms with E-state index in [4.69, 9.17) is 20.3 Å². The van der Waals surface area contributed by atoms with Crippen molar-refractivity contribution in [3.63, 3.8) is 0 Å². The van der Waals surface area contributed by atoms with Crippen LogP contribution in [0.4, 0.5) is 5.69 Å². The van der Waals surface area contributed by atoms with E-state index >= 15 is 0 Å². The van der Waals surface area contributed by atoms with E-state index in [1.54, 1.807) is 0 Å². The van der Waals surface area contributed by atoms with Crippen LogP contribution < -0.4 is 20.1 Å². The number of rotatable bonds is 4. The van der Waals surface area contributed by atoms with Crippen molar-refractivity contribution >= 4 is 5.69 Å². The van der Waals surface area contributed by atoms with E-state index in [1.165, 1.54) is 0 Å². The standard InChI is InChI=1S/C12H18N2O3/c1-8-3-11-12(17-7-16-11)4-10(8)14(2)5-9(13)6-15/h3-4,9,15H,5-7,13H2,1-2H3. The second-order valence-corrected chi connectivity index (χ2v) is 4.32. The zero-order valence-corrected chi connectivity index (χ0v) is 10.1. The van der Waals surface area contributed by atoms with Gasteiger partial charge in [0.25, 0.3) is 0 Å². The third kappa shape index (κ3) is 2.45. The second-order valence-electron chi connectivity index (χ2n) is 4.32. The minimum absolute atomic E-state index is 0.0199. The van der Waals surface area contributed by atoms with Crippen molar-refractivity contribution in [2.24, 2.45) is 5.73 Å². The highest BCUT2D eigenvalue weighted by molar-refractivity contribution is 5.62. The Labute approximate surface area is 101 Å². The molecule has 5 nitrogen and oxygen atoms in total. The molecule has 0 spiro atoms. The normalized spacial score (nSPS) is 14.8. The number of likely N-dealkylation sites (N-methyl/N-ethyl adjacent to an activating group) is 1. The molecule has 0 saturated carbocycles. The molecule has 1 aromatic rings. The Morgan fingerprint density at radius 2 is 2.06 bits per heavy atom. The molecule has 1 aliphatic rings. The second kappa shape index (κ2) is 4.81. The Morgan fingerprint density at radius 1 is 1.41 bits per heavy atom. The number of fused-ring (bicyclic) bond motifs is 1. The Balaban J connectivity index is 2.20. The van der Waals surface area contributed by atoms with Crippen LogP contribution in [0.1, 0.15) is 5.56 Å². The lowest BCUT2D eigenvalue weighted by atomic mass is 10.1. The maximum Gasteiger partial charge on any atom is 0.231 e. The van der Waals surface area contributed by atoms with Crippen molar-refractivity contribution in [3.8, 4) is 11.5 Å². The summed E-state index contributed by atoms with van der Waals surface area (Å²) in [6.45, 7) is 2.86. The molecular weight excluding hydrogens is 220 g/mol. The van der Waals surface area contributed by atoms with Gasteiger partial charge in [-0.25, -0.2) is 0 Å². The molecule has 1 atom stereocenters. The van der Waals surface area contributed by atoms with Gasteiger partial charge in [-0.15, -0.1) is 0 Å². The fourth-order valence-electron chi connectivity index (χ4n) is 1.95. The Bertz CT molecular complexity index is 409. The summed E-state index contributed by atoms with van der Waals surface area (Å²) >= 11 is 0. The highest BCUT2D eigenvalue weighted by atomic mass is 16.7. The van der Waals surface area contributed by atoms with Gasteiger partial charge in [0.1, 0.15) is 0 Å². The first-order chi connectivity index (χ1) is 8.11. The molecule has 0 amide bonds. The van der Waals surface area contributed by atoms with Gasteiger partial charge < -0.3 is 25.2 Å². The highest BCUT2D eigenvalue weighted by Gasteiger charge is 2.18. The molecule has 1 heterocycles. The largest absolute Gasteiger partial charge is 0.454 e. The van der Waals surface area contributed by atoms with Crippen LogP contribution in [0.3, 0.4) is 0 Å². The molecule has 1 aromatic carbocycles. The highest BCUT2D eigenvalue weighted by Crippen LogP contribution is 2.37. The number of nitrogens with two attached hydrogens (primary N) is 1. The molecule has 5 heteroatoms. The average molecular weight is 238 g/mol. The molecule has 0 aromatic heterocycles. The summed E-state index contributed by atoms with van der Waals surface area (Å²) in [4.78, 5) is 2.01. The van der Waals surface area contributed by atoms with E-state index in [-0.39, 0.29) is 19.4 Å². The number of aliphatic hydroxyl groups excluding tert-OH is 1. The van der Waals surface area contributed by atoms with Gasteiger partial charge in [-0.1, -0.05) is 0 Å². The number of aryl methyl sites for hydroxylation is 1. The van der Waals surface area contributed by atoms with Crippen LogP contribution >= 0.6 is 0 Å². The first kappa shape index (κ1) is 12.0. The average Bonchev–Trinajstić information content (AvgIpc) is 2.74. The maximum absolute atomic E-state index is 8.96. The lowest BCUT2D eigenvalue weighted by molar-refractivity contribution is 0.174. The van der Waals surface area contributed by atoms with E-state index in [0.29, 0.717) is 6.54 Å². The van der Waals surface area contributed by atoms with Gasteiger partial charge in [-0.3, -0.25) is 0 Å². The van der Waals surface area contributed by atoms with Gasteiger partial charge in [-0.05, 0) is 18.6 Å². The zero-order valence-electron chi connectivity index (χ0n) is 10.1. The molecule has 2 rings (SSSR count). The molecule has 1 aliphatic heterocycles. The van der Waals surface area contributed by atoms with E-state index in [1.807, 2.05) is 31.0 Å². The van der Waals surface area contributed by atoms with Crippen molar-refractivity contribution in [1.29, 1.82) is 0 Å². The Kier molecular flexibility index (Phi) is 3.40. The van der Waals surface area contributed by atoms with E-state index in [2.05, 4.69) is 0 Å². The lowest BCUT2D eigenvalue weighted by Crippen LogP contribution is -2.38. The number of ether oxygens (including phenoxy) is 2. The predicted molar refractivity (Wildman–Crippen MR) is 65.6 cm³/mol. The van der Waals surface area contributed by atoms with Gasteiger partial charge >= 0.3 is 0 Å².